The number of piperidine rings is 1. The molecule has 3 rings (SSSR count). The Balaban J connectivity index is 1.41. The van der Waals surface area contributed by atoms with Gasteiger partial charge in [-0.2, -0.15) is 0 Å². The molecule has 1 N–H and O–H groups in total. The van der Waals surface area contributed by atoms with Crippen molar-refractivity contribution in [2.75, 3.05) is 39.9 Å². The van der Waals surface area contributed by atoms with Crippen molar-refractivity contribution in [2.45, 2.75) is 38.7 Å². The first-order valence-corrected chi connectivity index (χ1v) is 10.8. The van der Waals surface area contributed by atoms with Crippen molar-refractivity contribution in [1.82, 2.24) is 10.2 Å². The number of carbonyl (C=O) groups excluding carboxylic acids is 1. The summed E-state index contributed by atoms with van der Waals surface area (Å²) in [7, 11) is 1.76. The normalized spacial score (nSPS) is 16.2. The number of methoxy groups -OCH3 is 1. The number of nitrogens with one attached hydrogen (secondary N) is 1. The zero-order valence-corrected chi connectivity index (χ0v) is 18.4. The number of likely N-dealkylation sites (tertiary alicyclic amines) is 1. The van der Waals surface area contributed by atoms with Crippen LogP contribution in [0.25, 0.3) is 0 Å². The van der Waals surface area contributed by atoms with Gasteiger partial charge < -0.3 is 14.8 Å². The molecule has 5 heteroatoms. The molecule has 1 fully saturated rings. The molecule has 2 aromatic rings. The van der Waals surface area contributed by atoms with Crippen LogP contribution in [0, 0.1) is 13.8 Å². The first-order chi connectivity index (χ1) is 14.5. The maximum absolute atomic E-state index is 12.3. The molecule has 1 aliphatic rings. The van der Waals surface area contributed by atoms with Gasteiger partial charge in [-0.05, 0) is 50.3 Å². The summed E-state index contributed by atoms with van der Waals surface area (Å²) in [5.74, 6) is 1.000. The molecule has 162 valence electrons. The van der Waals surface area contributed by atoms with E-state index in [4.69, 9.17) is 9.47 Å². The Labute approximate surface area is 180 Å². The molecular formula is C25H34N2O3. The summed E-state index contributed by atoms with van der Waals surface area (Å²) < 4.78 is 12.0. The van der Waals surface area contributed by atoms with E-state index < -0.39 is 0 Å². The van der Waals surface area contributed by atoms with Crippen molar-refractivity contribution >= 4 is 5.91 Å². The van der Waals surface area contributed by atoms with Crippen molar-refractivity contribution in [1.29, 1.82) is 0 Å². The summed E-state index contributed by atoms with van der Waals surface area (Å²) in [6.07, 6.45) is 2.56. The zero-order chi connectivity index (χ0) is 21.4. The molecule has 0 atom stereocenters. The van der Waals surface area contributed by atoms with Gasteiger partial charge in [-0.15, -0.1) is 0 Å². The number of hydrogen-bond acceptors (Lipinski definition) is 4. The van der Waals surface area contributed by atoms with Gasteiger partial charge in [0.25, 0.3) is 0 Å². The lowest BCUT2D eigenvalue weighted by Crippen LogP contribution is -2.51. The van der Waals surface area contributed by atoms with Crippen molar-refractivity contribution in [3.8, 4) is 5.75 Å². The summed E-state index contributed by atoms with van der Waals surface area (Å²) in [5.41, 5.74) is 3.32. The van der Waals surface area contributed by atoms with E-state index in [1.165, 1.54) is 11.1 Å². The van der Waals surface area contributed by atoms with E-state index in [0.717, 1.165) is 43.7 Å². The molecule has 1 aliphatic heterocycles. The first kappa shape index (κ1) is 22.3. The number of hydrogen-bond donors (Lipinski definition) is 1. The van der Waals surface area contributed by atoms with E-state index in [9.17, 15) is 4.79 Å². The van der Waals surface area contributed by atoms with Gasteiger partial charge in [0.1, 0.15) is 18.0 Å². The largest absolute Gasteiger partial charge is 0.490 e. The van der Waals surface area contributed by atoms with E-state index in [2.05, 4.69) is 48.3 Å². The van der Waals surface area contributed by atoms with Gasteiger partial charge in [-0.1, -0.05) is 48.0 Å². The van der Waals surface area contributed by atoms with Crippen LogP contribution in [-0.2, 0) is 16.0 Å². The number of benzene rings is 2. The van der Waals surface area contributed by atoms with Crippen LogP contribution in [0.2, 0.25) is 0 Å². The lowest BCUT2D eigenvalue weighted by atomic mass is 9.92. The molecular weight excluding hydrogens is 376 g/mol. The fourth-order valence-electron chi connectivity index (χ4n) is 3.95. The van der Waals surface area contributed by atoms with Crippen molar-refractivity contribution in [3.63, 3.8) is 0 Å². The second-order valence-corrected chi connectivity index (χ2v) is 8.31. The first-order valence-electron chi connectivity index (χ1n) is 10.8. The highest BCUT2D eigenvalue weighted by Crippen LogP contribution is 2.28. The molecule has 1 heterocycles. The third-order valence-electron chi connectivity index (χ3n) is 5.97. The third kappa shape index (κ3) is 6.31. The summed E-state index contributed by atoms with van der Waals surface area (Å²) in [5, 5.41) is 3.03. The Morgan fingerprint density at radius 1 is 1.10 bits per heavy atom. The van der Waals surface area contributed by atoms with Crippen LogP contribution < -0.4 is 10.1 Å². The molecule has 1 saturated heterocycles. The SMILES string of the molecule is COC1(COc2ccc(C)cc2C)CCN(CC(=O)NCCc2ccccc2)CC1. The maximum Gasteiger partial charge on any atom is 0.234 e. The number of nitrogens with zero attached hydrogens (tertiary/aromatic N) is 1. The second kappa shape index (κ2) is 10.6. The van der Waals surface area contributed by atoms with Crippen LogP contribution >= 0.6 is 0 Å². The number of ether oxygens (including phenoxy) is 2. The minimum atomic E-state index is -0.294. The van der Waals surface area contributed by atoms with Gasteiger partial charge in [-0.3, -0.25) is 9.69 Å². The van der Waals surface area contributed by atoms with E-state index in [0.29, 0.717) is 19.7 Å². The zero-order valence-electron chi connectivity index (χ0n) is 18.4. The third-order valence-corrected chi connectivity index (χ3v) is 5.97. The van der Waals surface area contributed by atoms with E-state index >= 15 is 0 Å². The summed E-state index contributed by atoms with van der Waals surface area (Å²) in [6, 6.07) is 16.5. The summed E-state index contributed by atoms with van der Waals surface area (Å²) in [4.78, 5) is 14.5. The molecule has 0 saturated carbocycles. The van der Waals surface area contributed by atoms with Crippen molar-refractivity contribution in [3.05, 3.63) is 65.2 Å². The molecule has 0 radical (unpaired) electrons. The smallest absolute Gasteiger partial charge is 0.234 e. The fraction of sp³-hybridized carbons (Fsp3) is 0.480. The quantitative estimate of drug-likeness (QED) is 0.687. The van der Waals surface area contributed by atoms with Crippen LogP contribution in [0.5, 0.6) is 5.75 Å². The molecule has 0 aromatic heterocycles. The molecule has 0 spiro atoms. The van der Waals surface area contributed by atoms with Crippen molar-refractivity contribution < 1.29 is 14.3 Å². The predicted octanol–water partition coefficient (Wildman–Crippen LogP) is 3.52. The molecule has 2 aromatic carbocycles. The minimum absolute atomic E-state index is 0.0855. The molecule has 0 bridgehead atoms. The lowest BCUT2D eigenvalue weighted by Gasteiger charge is -2.40. The minimum Gasteiger partial charge on any atom is -0.490 e. The van der Waals surface area contributed by atoms with Crippen LogP contribution in [0.15, 0.2) is 48.5 Å². The highest BCUT2D eigenvalue weighted by atomic mass is 16.5. The van der Waals surface area contributed by atoms with Gasteiger partial charge in [0.15, 0.2) is 0 Å². The number of rotatable bonds is 9. The van der Waals surface area contributed by atoms with Gasteiger partial charge in [0.05, 0.1) is 6.54 Å². The Kier molecular flexibility index (Phi) is 7.88. The average Bonchev–Trinajstić information content (AvgIpc) is 2.75. The molecule has 5 nitrogen and oxygen atoms in total. The Hall–Kier alpha value is -2.37. The fourth-order valence-corrected chi connectivity index (χ4v) is 3.95. The number of carbonyl (C=O) groups is 1. The highest BCUT2D eigenvalue weighted by Gasteiger charge is 2.36. The number of amides is 1. The topological polar surface area (TPSA) is 50.8 Å². The number of aryl methyl sites for hydroxylation is 2. The van der Waals surface area contributed by atoms with Crippen LogP contribution in [0.4, 0.5) is 0 Å². The van der Waals surface area contributed by atoms with Crippen LogP contribution in [0.1, 0.15) is 29.5 Å². The average molecular weight is 411 g/mol. The Morgan fingerprint density at radius 3 is 2.50 bits per heavy atom. The van der Waals surface area contributed by atoms with Gasteiger partial charge >= 0.3 is 0 Å². The predicted molar refractivity (Wildman–Crippen MR) is 120 cm³/mol. The summed E-state index contributed by atoms with van der Waals surface area (Å²) in [6.45, 7) is 7.45. The van der Waals surface area contributed by atoms with Crippen molar-refractivity contribution in [2.24, 2.45) is 0 Å². The Bertz CT molecular complexity index is 814. The monoisotopic (exact) mass is 410 g/mol. The standard InChI is InChI=1S/C25H34N2O3/c1-20-9-10-23(21(2)17-20)30-19-25(29-3)12-15-27(16-13-25)18-24(28)26-14-11-22-7-5-4-6-8-22/h4-10,17H,11-16,18-19H2,1-3H3,(H,26,28). The molecule has 0 unspecified atom stereocenters. The highest BCUT2D eigenvalue weighted by molar-refractivity contribution is 5.78. The van der Waals surface area contributed by atoms with Gasteiger partial charge in [0.2, 0.25) is 5.91 Å². The van der Waals surface area contributed by atoms with E-state index in [1.54, 1.807) is 7.11 Å². The summed E-state index contributed by atoms with van der Waals surface area (Å²) >= 11 is 0. The van der Waals surface area contributed by atoms with Gasteiger partial charge in [0, 0.05) is 26.7 Å². The van der Waals surface area contributed by atoms with Gasteiger partial charge in [-0.25, -0.2) is 0 Å². The molecule has 30 heavy (non-hydrogen) atoms. The van der Waals surface area contributed by atoms with Crippen LogP contribution in [0.3, 0.4) is 0 Å². The van der Waals surface area contributed by atoms with E-state index in [-0.39, 0.29) is 11.5 Å². The lowest BCUT2D eigenvalue weighted by molar-refractivity contribution is -0.124. The Morgan fingerprint density at radius 2 is 1.83 bits per heavy atom. The maximum atomic E-state index is 12.3. The molecule has 0 aliphatic carbocycles. The van der Waals surface area contributed by atoms with E-state index in [1.807, 2.05) is 24.3 Å². The van der Waals surface area contributed by atoms with Crippen LogP contribution in [-0.4, -0.2) is 56.3 Å². The molecule has 1 amide bonds. The second-order valence-electron chi connectivity index (χ2n) is 8.31.